The first-order chi connectivity index (χ1) is 8.06. The van der Waals surface area contributed by atoms with Crippen molar-refractivity contribution in [3.8, 4) is 0 Å². The Morgan fingerprint density at radius 1 is 1.47 bits per heavy atom. The maximum Gasteiger partial charge on any atom is 0.238 e. The monoisotopic (exact) mass is 250 g/mol. The summed E-state index contributed by atoms with van der Waals surface area (Å²) < 4.78 is 0. The summed E-state index contributed by atoms with van der Waals surface area (Å²) in [5.41, 5.74) is 3.32. The first kappa shape index (κ1) is 12.0. The van der Waals surface area contributed by atoms with E-state index in [0.717, 1.165) is 22.2 Å². The summed E-state index contributed by atoms with van der Waals surface area (Å²) in [5, 5.41) is 3.46. The predicted octanol–water partition coefficient (Wildman–Crippen LogP) is 2.72. The minimum absolute atomic E-state index is 0.142. The lowest BCUT2D eigenvalue weighted by molar-refractivity contribution is -0.120. The van der Waals surface area contributed by atoms with Crippen molar-refractivity contribution in [3.05, 3.63) is 35.5 Å². The Kier molecular flexibility index (Phi) is 3.38. The van der Waals surface area contributed by atoms with Gasteiger partial charge in [-0.15, -0.1) is 11.6 Å². The van der Waals surface area contributed by atoms with Crippen molar-refractivity contribution < 1.29 is 4.79 Å². The fraction of sp³-hybridized carbons (Fsp3) is 0.308. The van der Waals surface area contributed by atoms with E-state index >= 15 is 0 Å². The molecule has 0 saturated carbocycles. The van der Waals surface area contributed by atoms with E-state index in [-0.39, 0.29) is 5.91 Å². The molecule has 0 unspecified atom stereocenters. The van der Waals surface area contributed by atoms with Crippen molar-refractivity contribution in [1.29, 1.82) is 0 Å². The molecule has 2 N–H and O–H groups in total. The van der Waals surface area contributed by atoms with Gasteiger partial charge < -0.3 is 10.3 Å². The second kappa shape index (κ2) is 4.80. The molecular formula is C13H15ClN2O. The Labute approximate surface area is 105 Å². The molecule has 3 nitrogen and oxygen atoms in total. The fourth-order valence-corrected chi connectivity index (χ4v) is 1.84. The number of carbonyl (C=O) groups is 1. The van der Waals surface area contributed by atoms with Crippen LogP contribution in [0.15, 0.2) is 24.3 Å². The van der Waals surface area contributed by atoms with Gasteiger partial charge >= 0.3 is 0 Å². The minimum Gasteiger partial charge on any atom is -0.359 e. The van der Waals surface area contributed by atoms with Crippen LogP contribution in [0, 0.1) is 6.92 Å². The number of aromatic nitrogens is 1. The van der Waals surface area contributed by atoms with E-state index < -0.39 is 5.38 Å². The van der Waals surface area contributed by atoms with Gasteiger partial charge in [0.2, 0.25) is 5.91 Å². The van der Waals surface area contributed by atoms with Gasteiger partial charge in [0, 0.05) is 17.8 Å². The highest BCUT2D eigenvalue weighted by atomic mass is 35.5. The van der Waals surface area contributed by atoms with Gasteiger partial charge in [0.15, 0.2) is 0 Å². The van der Waals surface area contributed by atoms with Crippen molar-refractivity contribution in [1.82, 2.24) is 10.3 Å². The molecule has 0 saturated heterocycles. The number of aryl methyl sites for hydroxylation is 1. The Balaban J connectivity index is 2.11. The normalized spacial score (nSPS) is 12.6. The standard InChI is InChI=1S/C13H15ClN2O/c1-8-5-11-6-10(3-4-12(11)16-8)7-15-13(17)9(2)14/h3-6,9,16H,7H2,1-2H3,(H,15,17)/t9-/m0/s1. The number of carbonyl (C=O) groups excluding carboxylic acids is 1. The SMILES string of the molecule is Cc1cc2cc(CNC(=O)[C@H](C)Cl)ccc2[nH]1. The molecule has 1 heterocycles. The molecule has 2 aromatic rings. The minimum atomic E-state index is -0.492. The third-order valence-corrected chi connectivity index (χ3v) is 2.85. The predicted molar refractivity (Wildman–Crippen MR) is 70.2 cm³/mol. The second-order valence-electron chi connectivity index (χ2n) is 4.21. The number of H-pyrrole nitrogens is 1. The second-order valence-corrected chi connectivity index (χ2v) is 4.86. The van der Waals surface area contributed by atoms with Gasteiger partial charge in [-0.05, 0) is 43.0 Å². The summed E-state index contributed by atoms with van der Waals surface area (Å²) in [5.74, 6) is -0.142. The van der Waals surface area contributed by atoms with Gasteiger partial charge in [0.1, 0.15) is 5.38 Å². The van der Waals surface area contributed by atoms with Crippen LogP contribution in [-0.4, -0.2) is 16.3 Å². The number of benzene rings is 1. The van der Waals surface area contributed by atoms with Crippen LogP contribution in [0.5, 0.6) is 0 Å². The number of nitrogens with one attached hydrogen (secondary N) is 2. The number of fused-ring (bicyclic) bond motifs is 1. The van der Waals surface area contributed by atoms with Crippen molar-refractivity contribution in [3.63, 3.8) is 0 Å². The molecule has 1 aromatic carbocycles. The van der Waals surface area contributed by atoms with Crippen LogP contribution in [0.4, 0.5) is 0 Å². The van der Waals surface area contributed by atoms with Crippen LogP contribution in [0.1, 0.15) is 18.2 Å². The lowest BCUT2D eigenvalue weighted by atomic mass is 10.1. The number of hydrogen-bond donors (Lipinski definition) is 2. The first-order valence-corrected chi connectivity index (χ1v) is 6.00. The summed E-state index contributed by atoms with van der Waals surface area (Å²) in [7, 11) is 0. The van der Waals surface area contributed by atoms with Gasteiger partial charge in [-0.25, -0.2) is 0 Å². The van der Waals surface area contributed by atoms with Crippen LogP contribution in [0.2, 0.25) is 0 Å². The highest BCUT2D eigenvalue weighted by Gasteiger charge is 2.08. The first-order valence-electron chi connectivity index (χ1n) is 5.56. The van der Waals surface area contributed by atoms with E-state index in [1.54, 1.807) is 6.92 Å². The number of halogens is 1. The zero-order chi connectivity index (χ0) is 12.4. The molecule has 4 heteroatoms. The maximum atomic E-state index is 11.3. The van der Waals surface area contributed by atoms with E-state index in [4.69, 9.17) is 11.6 Å². The summed E-state index contributed by atoms with van der Waals surface area (Å²) in [4.78, 5) is 14.6. The number of aromatic amines is 1. The largest absolute Gasteiger partial charge is 0.359 e. The Hall–Kier alpha value is -1.48. The van der Waals surface area contributed by atoms with Crippen LogP contribution in [0.25, 0.3) is 10.9 Å². The van der Waals surface area contributed by atoms with Gasteiger partial charge in [-0.1, -0.05) is 6.07 Å². The Morgan fingerprint density at radius 2 is 2.24 bits per heavy atom. The Bertz CT molecular complexity index is 545. The van der Waals surface area contributed by atoms with Crippen molar-refractivity contribution >= 4 is 28.4 Å². The molecule has 1 atom stereocenters. The molecule has 0 aliphatic heterocycles. The van der Waals surface area contributed by atoms with Gasteiger partial charge in [-0.2, -0.15) is 0 Å². The summed E-state index contributed by atoms with van der Waals surface area (Å²) in [6, 6.07) is 8.17. The summed E-state index contributed by atoms with van der Waals surface area (Å²) in [6.45, 7) is 4.20. The molecule has 0 aliphatic carbocycles. The zero-order valence-corrected chi connectivity index (χ0v) is 10.6. The van der Waals surface area contributed by atoms with Gasteiger partial charge in [0.05, 0.1) is 0 Å². The van der Waals surface area contributed by atoms with Crippen molar-refractivity contribution in [2.24, 2.45) is 0 Å². The third kappa shape index (κ3) is 2.80. The van der Waals surface area contributed by atoms with E-state index in [9.17, 15) is 4.79 Å². The quantitative estimate of drug-likeness (QED) is 0.809. The molecular weight excluding hydrogens is 236 g/mol. The molecule has 90 valence electrons. The topological polar surface area (TPSA) is 44.9 Å². The third-order valence-electron chi connectivity index (χ3n) is 2.65. The molecule has 0 spiro atoms. The van der Waals surface area contributed by atoms with Gasteiger partial charge in [0.25, 0.3) is 0 Å². The molecule has 0 radical (unpaired) electrons. The van der Waals surface area contributed by atoms with E-state index in [1.165, 1.54) is 0 Å². The number of hydrogen-bond acceptors (Lipinski definition) is 1. The summed E-state index contributed by atoms with van der Waals surface area (Å²) in [6.07, 6.45) is 0. The average molecular weight is 251 g/mol. The van der Waals surface area contributed by atoms with E-state index in [2.05, 4.69) is 22.4 Å². The number of amides is 1. The summed E-state index contributed by atoms with van der Waals surface area (Å²) >= 11 is 5.68. The molecule has 1 amide bonds. The van der Waals surface area contributed by atoms with Crippen LogP contribution in [-0.2, 0) is 11.3 Å². The molecule has 0 bridgehead atoms. The van der Waals surface area contributed by atoms with E-state index in [0.29, 0.717) is 6.54 Å². The fourth-order valence-electron chi connectivity index (χ4n) is 1.77. The molecule has 0 fully saturated rings. The van der Waals surface area contributed by atoms with Crippen LogP contribution >= 0.6 is 11.6 Å². The zero-order valence-electron chi connectivity index (χ0n) is 9.88. The van der Waals surface area contributed by atoms with Crippen LogP contribution in [0.3, 0.4) is 0 Å². The highest BCUT2D eigenvalue weighted by molar-refractivity contribution is 6.30. The lowest BCUT2D eigenvalue weighted by Gasteiger charge is -2.06. The van der Waals surface area contributed by atoms with Crippen molar-refractivity contribution in [2.45, 2.75) is 25.8 Å². The smallest absolute Gasteiger partial charge is 0.238 e. The maximum absolute atomic E-state index is 11.3. The van der Waals surface area contributed by atoms with E-state index in [1.807, 2.05) is 19.1 Å². The molecule has 1 aromatic heterocycles. The van der Waals surface area contributed by atoms with Gasteiger partial charge in [-0.3, -0.25) is 4.79 Å². The Morgan fingerprint density at radius 3 is 2.94 bits per heavy atom. The molecule has 2 rings (SSSR count). The number of alkyl halides is 1. The lowest BCUT2D eigenvalue weighted by Crippen LogP contribution is -2.28. The number of rotatable bonds is 3. The highest BCUT2D eigenvalue weighted by Crippen LogP contribution is 2.16. The molecule has 0 aliphatic rings. The van der Waals surface area contributed by atoms with Crippen molar-refractivity contribution in [2.75, 3.05) is 0 Å². The molecule has 17 heavy (non-hydrogen) atoms. The van der Waals surface area contributed by atoms with Crippen LogP contribution < -0.4 is 5.32 Å². The average Bonchev–Trinajstić information content (AvgIpc) is 2.64.